The van der Waals surface area contributed by atoms with Crippen molar-refractivity contribution < 1.29 is 14.3 Å². The van der Waals surface area contributed by atoms with Gasteiger partial charge in [-0.05, 0) is 48.2 Å². The van der Waals surface area contributed by atoms with E-state index < -0.39 is 6.10 Å². The van der Waals surface area contributed by atoms with Gasteiger partial charge in [0.1, 0.15) is 5.82 Å². The summed E-state index contributed by atoms with van der Waals surface area (Å²) in [6.45, 7) is 4.10. The van der Waals surface area contributed by atoms with Gasteiger partial charge >= 0.3 is 0 Å². The number of benzene rings is 2. The van der Waals surface area contributed by atoms with E-state index in [2.05, 4.69) is 28.4 Å². The van der Waals surface area contributed by atoms with Crippen molar-refractivity contribution >= 4 is 5.91 Å². The molecule has 0 fully saturated rings. The third-order valence-electron chi connectivity index (χ3n) is 4.61. The SMILES string of the molecule is Cc1cc(F)ccc1C(=O)NCC(O)CN1CCc2ccccc2C1. The van der Waals surface area contributed by atoms with E-state index in [1.807, 2.05) is 6.07 Å². The first-order valence-corrected chi connectivity index (χ1v) is 8.54. The molecule has 0 saturated heterocycles. The van der Waals surface area contributed by atoms with Crippen LogP contribution >= 0.6 is 0 Å². The zero-order chi connectivity index (χ0) is 17.8. The highest BCUT2D eigenvalue weighted by Gasteiger charge is 2.19. The van der Waals surface area contributed by atoms with E-state index in [4.69, 9.17) is 0 Å². The molecule has 2 N–H and O–H groups in total. The second-order valence-electron chi connectivity index (χ2n) is 6.58. The second-order valence-corrected chi connectivity index (χ2v) is 6.58. The fraction of sp³-hybridized carbons (Fsp3) is 0.350. The van der Waals surface area contributed by atoms with Crippen LogP contribution in [0.1, 0.15) is 27.0 Å². The predicted octanol–water partition coefficient (Wildman–Crippen LogP) is 2.28. The summed E-state index contributed by atoms with van der Waals surface area (Å²) in [6.07, 6.45) is 0.333. The normalized spacial score (nSPS) is 15.5. The summed E-state index contributed by atoms with van der Waals surface area (Å²) in [5.41, 5.74) is 3.68. The summed E-state index contributed by atoms with van der Waals surface area (Å²) in [4.78, 5) is 14.4. The van der Waals surface area contributed by atoms with Crippen LogP contribution in [-0.4, -0.2) is 41.7 Å². The van der Waals surface area contributed by atoms with Crippen molar-refractivity contribution in [3.8, 4) is 0 Å². The van der Waals surface area contributed by atoms with E-state index >= 15 is 0 Å². The molecule has 2 aromatic carbocycles. The Morgan fingerprint density at radius 3 is 2.80 bits per heavy atom. The minimum Gasteiger partial charge on any atom is -0.390 e. The molecule has 25 heavy (non-hydrogen) atoms. The van der Waals surface area contributed by atoms with Gasteiger partial charge in [-0.2, -0.15) is 0 Å². The molecule has 1 unspecified atom stereocenters. The number of carbonyl (C=O) groups is 1. The van der Waals surface area contributed by atoms with Crippen LogP contribution in [0.25, 0.3) is 0 Å². The van der Waals surface area contributed by atoms with Crippen LogP contribution in [0.15, 0.2) is 42.5 Å². The average Bonchev–Trinajstić information content (AvgIpc) is 2.59. The Hall–Kier alpha value is -2.24. The maximum atomic E-state index is 13.1. The molecule has 0 aromatic heterocycles. The molecule has 1 amide bonds. The Labute approximate surface area is 147 Å². The first-order chi connectivity index (χ1) is 12.0. The first-order valence-electron chi connectivity index (χ1n) is 8.54. The van der Waals surface area contributed by atoms with Crippen LogP contribution in [0.4, 0.5) is 4.39 Å². The van der Waals surface area contributed by atoms with Crippen molar-refractivity contribution in [2.45, 2.75) is 26.0 Å². The molecule has 0 radical (unpaired) electrons. The summed E-state index contributed by atoms with van der Waals surface area (Å²) in [5.74, 6) is -0.653. The molecule has 0 spiro atoms. The smallest absolute Gasteiger partial charge is 0.251 e. The monoisotopic (exact) mass is 342 g/mol. The zero-order valence-corrected chi connectivity index (χ0v) is 14.3. The number of rotatable bonds is 5. The van der Waals surface area contributed by atoms with Gasteiger partial charge in [-0.1, -0.05) is 24.3 Å². The molecule has 4 nitrogen and oxygen atoms in total. The quantitative estimate of drug-likeness (QED) is 0.877. The van der Waals surface area contributed by atoms with Gasteiger partial charge in [0.05, 0.1) is 6.10 Å². The standard InChI is InChI=1S/C20H23FN2O2/c1-14-10-17(21)6-7-19(14)20(25)22-11-18(24)13-23-9-8-15-4-2-3-5-16(15)12-23/h2-7,10,18,24H,8-9,11-13H2,1H3,(H,22,25). The Morgan fingerprint density at radius 2 is 2.04 bits per heavy atom. The van der Waals surface area contributed by atoms with Crippen LogP contribution in [0.5, 0.6) is 0 Å². The largest absolute Gasteiger partial charge is 0.390 e. The van der Waals surface area contributed by atoms with Crippen molar-refractivity contribution in [1.29, 1.82) is 0 Å². The minimum absolute atomic E-state index is 0.174. The van der Waals surface area contributed by atoms with E-state index in [1.54, 1.807) is 6.92 Å². The molecule has 1 aliphatic heterocycles. The van der Waals surface area contributed by atoms with E-state index in [9.17, 15) is 14.3 Å². The first kappa shape index (κ1) is 17.6. The summed E-state index contributed by atoms with van der Waals surface area (Å²) in [6, 6.07) is 12.4. The molecular weight excluding hydrogens is 319 g/mol. The van der Waals surface area contributed by atoms with Crippen molar-refractivity contribution in [3.05, 3.63) is 70.5 Å². The minimum atomic E-state index is -0.644. The molecule has 0 aliphatic carbocycles. The van der Waals surface area contributed by atoms with Crippen LogP contribution in [-0.2, 0) is 13.0 Å². The van der Waals surface area contributed by atoms with E-state index in [0.29, 0.717) is 17.7 Å². The van der Waals surface area contributed by atoms with Crippen LogP contribution in [0, 0.1) is 12.7 Å². The van der Waals surface area contributed by atoms with Crippen molar-refractivity contribution in [2.75, 3.05) is 19.6 Å². The van der Waals surface area contributed by atoms with E-state index in [0.717, 1.165) is 19.5 Å². The Bertz CT molecular complexity index is 763. The average molecular weight is 342 g/mol. The molecule has 132 valence electrons. The molecule has 3 rings (SSSR count). The number of aliphatic hydroxyl groups is 1. The molecular formula is C20H23FN2O2. The van der Waals surface area contributed by atoms with Crippen LogP contribution in [0.2, 0.25) is 0 Å². The maximum Gasteiger partial charge on any atom is 0.251 e. The van der Waals surface area contributed by atoms with Gasteiger partial charge in [0, 0.05) is 31.7 Å². The molecule has 1 atom stereocenters. The number of hydrogen-bond acceptors (Lipinski definition) is 3. The molecule has 5 heteroatoms. The number of nitrogens with zero attached hydrogens (tertiary/aromatic N) is 1. The highest BCUT2D eigenvalue weighted by Crippen LogP contribution is 2.18. The number of aliphatic hydroxyl groups excluding tert-OH is 1. The van der Waals surface area contributed by atoms with Gasteiger partial charge < -0.3 is 10.4 Å². The zero-order valence-electron chi connectivity index (χ0n) is 14.3. The predicted molar refractivity (Wildman–Crippen MR) is 94.9 cm³/mol. The number of hydrogen-bond donors (Lipinski definition) is 2. The topological polar surface area (TPSA) is 52.6 Å². The molecule has 2 aromatic rings. The van der Waals surface area contributed by atoms with Gasteiger partial charge in [-0.3, -0.25) is 9.69 Å². The van der Waals surface area contributed by atoms with Crippen molar-refractivity contribution in [2.24, 2.45) is 0 Å². The molecule has 1 heterocycles. The number of carbonyl (C=O) groups excluding carboxylic acids is 1. The van der Waals surface area contributed by atoms with E-state index in [1.165, 1.54) is 29.3 Å². The molecule has 0 saturated carbocycles. The highest BCUT2D eigenvalue weighted by molar-refractivity contribution is 5.95. The number of fused-ring (bicyclic) bond motifs is 1. The summed E-state index contributed by atoms with van der Waals surface area (Å²) >= 11 is 0. The summed E-state index contributed by atoms with van der Waals surface area (Å²) in [5, 5.41) is 13.0. The van der Waals surface area contributed by atoms with Gasteiger partial charge in [0.2, 0.25) is 0 Å². The second kappa shape index (κ2) is 7.76. The number of aryl methyl sites for hydroxylation is 1. The van der Waals surface area contributed by atoms with Crippen molar-refractivity contribution in [3.63, 3.8) is 0 Å². The lowest BCUT2D eigenvalue weighted by atomic mass is 10.00. The van der Waals surface area contributed by atoms with Crippen LogP contribution in [0.3, 0.4) is 0 Å². The fourth-order valence-electron chi connectivity index (χ4n) is 3.26. The Balaban J connectivity index is 1.50. The molecule has 1 aliphatic rings. The fourth-order valence-corrected chi connectivity index (χ4v) is 3.26. The van der Waals surface area contributed by atoms with E-state index in [-0.39, 0.29) is 18.3 Å². The Kier molecular flexibility index (Phi) is 5.46. The number of amides is 1. The van der Waals surface area contributed by atoms with Crippen molar-refractivity contribution in [1.82, 2.24) is 10.2 Å². The van der Waals surface area contributed by atoms with Gasteiger partial charge in [0.15, 0.2) is 0 Å². The van der Waals surface area contributed by atoms with Gasteiger partial charge in [-0.15, -0.1) is 0 Å². The van der Waals surface area contributed by atoms with Gasteiger partial charge in [-0.25, -0.2) is 4.39 Å². The lowest BCUT2D eigenvalue weighted by Crippen LogP contribution is -2.42. The lowest BCUT2D eigenvalue weighted by molar-refractivity contribution is 0.0841. The number of β-amino-alcohol motifs (C(OH)–C–C–N with tert-alkyl or cyclic N) is 1. The Morgan fingerprint density at radius 1 is 1.28 bits per heavy atom. The maximum absolute atomic E-state index is 13.1. The number of nitrogens with one attached hydrogen (secondary N) is 1. The van der Waals surface area contributed by atoms with Crippen LogP contribution < -0.4 is 5.32 Å². The number of halogens is 1. The highest BCUT2D eigenvalue weighted by atomic mass is 19.1. The van der Waals surface area contributed by atoms with Gasteiger partial charge in [0.25, 0.3) is 5.91 Å². The lowest BCUT2D eigenvalue weighted by Gasteiger charge is -2.30. The third-order valence-corrected chi connectivity index (χ3v) is 4.61. The molecule has 0 bridgehead atoms. The summed E-state index contributed by atoms with van der Waals surface area (Å²) in [7, 11) is 0. The summed E-state index contributed by atoms with van der Waals surface area (Å²) < 4.78 is 13.1. The third kappa shape index (κ3) is 4.44.